The van der Waals surface area contributed by atoms with E-state index in [-0.39, 0.29) is 17.4 Å². The fraction of sp³-hybridized carbons (Fsp3) is 0.333. The van der Waals surface area contributed by atoms with E-state index in [0.717, 1.165) is 16.7 Å². The highest BCUT2D eigenvalue weighted by Gasteiger charge is 2.69. The van der Waals surface area contributed by atoms with Crippen LogP contribution >= 0.6 is 0 Å². The minimum Gasteiger partial charge on any atom is -0.394 e. The van der Waals surface area contributed by atoms with Crippen molar-refractivity contribution in [2.24, 2.45) is 5.73 Å². The lowest BCUT2D eigenvalue weighted by atomic mass is 10.1. The highest BCUT2D eigenvalue weighted by Crippen LogP contribution is 2.55. The van der Waals surface area contributed by atoms with Gasteiger partial charge in [0.25, 0.3) is 0 Å². The first-order chi connectivity index (χ1) is 10.8. The molecule has 2 aromatic rings. The van der Waals surface area contributed by atoms with E-state index in [0.29, 0.717) is 0 Å². The predicted octanol–water partition coefficient (Wildman–Crippen LogP) is 1.93. The summed E-state index contributed by atoms with van der Waals surface area (Å²) in [5.41, 5.74) is 8.05. The van der Waals surface area contributed by atoms with Crippen LogP contribution in [-0.4, -0.2) is 30.9 Å². The molecule has 0 bridgehead atoms. The van der Waals surface area contributed by atoms with Crippen molar-refractivity contribution in [1.82, 2.24) is 0 Å². The van der Waals surface area contributed by atoms with Gasteiger partial charge in [0.2, 0.25) is 0 Å². The van der Waals surface area contributed by atoms with Gasteiger partial charge in [0.15, 0.2) is 9.84 Å². The van der Waals surface area contributed by atoms with Gasteiger partial charge in [0, 0.05) is 5.92 Å². The number of hydrogen-bond acceptors (Lipinski definition) is 4. The molecular weight excluding hydrogens is 310 g/mol. The van der Waals surface area contributed by atoms with E-state index < -0.39 is 20.6 Å². The minimum atomic E-state index is -3.59. The summed E-state index contributed by atoms with van der Waals surface area (Å²) < 4.78 is 25.9. The van der Waals surface area contributed by atoms with Crippen molar-refractivity contribution in [2.45, 2.75) is 35.4 Å². The van der Waals surface area contributed by atoms with Crippen LogP contribution in [0, 0.1) is 13.8 Å². The molecule has 1 saturated carbocycles. The van der Waals surface area contributed by atoms with E-state index in [9.17, 15) is 13.5 Å². The Labute approximate surface area is 136 Å². The van der Waals surface area contributed by atoms with Crippen LogP contribution in [0.4, 0.5) is 0 Å². The molecule has 3 rings (SSSR count). The Balaban J connectivity index is 2.01. The molecule has 0 spiro atoms. The van der Waals surface area contributed by atoms with Crippen molar-refractivity contribution in [3.63, 3.8) is 0 Å². The molecule has 3 atom stereocenters. The number of benzene rings is 2. The molecule has 0 aliphatic heterocycles. The zero-order chi connectivity index (χ0) is 16.8. The summed E-state index contributed by atoms with van der Waals surface area (Å²) in [6.45, 7) is 3.52. The summed E-state index contributed by atoms with van der Waals surface area (Å²) in [6.07, 6.45) is 0. The smallest absolute Gasteiger partial charge is 0.183 e. The quantitative estimate of drug-likeness (QED) is 0.897. The molecule has 0 radical (unpaired) electrons. The molecule has 1 aliphatic rings. The molecule has 0 heterocycles. The molecule has 0 saturated heterocycles. The van der Waals surface area contributed by atoms with Crippen molar-refractivity contribution >= 4 is 9.84 Å². The van der Waals surface area contributed by atoms with Crippen LogP contribution in [-0.2, 0) is 9.84 Å². The molecule has 3 N–H and O–H groups in total. The van der Waals surface area contributed by atoms with E-state index in [1.807, 2.05) is 38.1 Å². The minimum absolute atomic E-state index is 0.256. The van der Waals surface area contributed by atoms with Gasteiger partial charge in [0.1, 0.15) is 0 Å². The summed E-state index contributed by atoms with van der Waals surface area (Å²) >= 11 is 0. The highest BCUT2D eigenvalue weighted by atomic mass is 32.2. The maximum absolute atomic E-state index is 12.9. The van der Waals surface area contributed by atoms with E-state index in [1.165, 1.54) is 0 Å². The average molecular weight is 331 g/mol. The maximum Gasteiger partial charge on any atom is 0.183 e. The summed E-state index contributed by atoms with van der Waals surface area (Å²) in [5.74, 6) is -0.389. The van der Waals surface area contributed by atoms with Crippen LogP contribution in [0.2, 0.25) is 0 Å². The monoisotopic (exact) mass is 331 g/mol. The zero-order valence-corrected chi connectivity index (χ0v) is 14.0. The van der Waals surface area contributed by atoms with Gasteiger partial charge >= 0.3 is 0 Å². The van der Waals surface area contributed by atoms with Crippen LogP contribution in [0.25, 0.3) is 0 Å². The normalized spacial score (nSPS) is 27.0. The van der Waals surface area contributed by atoms with Crippen molar-refractivity contribution in [2.75, 3.05) is 6.61 Å². The van der Waals surface area contributed by atoms with Gasteiger partial charge in [-0.1, -0.05) is 47.5 Å². The van der Waals surface area contributed by atoms with Gasteiger partial charge in [-0.05, 0) is 31.5 Å². The third kappa shape index (κ3) is 2.59. The van der Waals surface area contributed by atoms with Crippen LogP contribution in [0.5, 0.6) is 0 Å². The molecule has 0 amide bonds. The van der Waals surface area contributed by atoms with E-state index in [4.69, 9.17) is 5.73 Å². The van der Waals surface area contributed by atoms with Crippen molar-refractivity contribution in [1.29, 1.82) is 0 Å². The summed E-state index contributed by atoms with van der Waals surface area (Å²) in [5, 5.41) is 8.89. The van der Waals surface area contributed by atoms with Crippen LogP contribution in [0.3, 0.4) is 0 Å². The number of rotatable bonds is 4. The fourth-order valence-electron chi connectivity index (χ4n) is 3.21. The Morgan fingerprint density at radius 2 is 1.48 bits per heavy atom. The fourth-order valence-corrected chi connectivity index (χ4v) is 5.51. The number of aryl methyl sites for hydroxylation is 2. The molecule has 23 heavy (non-hydrogen) atoms. The Kier molecular flexibility index (Phi) is 3.83. The zero-order valence-electron chi connectivity index (χ0n) is 13.2. The third-order valence-corrected chi connectivity index (χ3v) is 7.01. The molecule has 4 nitrogen and oxygen atoms in total. The van der Waals surface area contributed by atoms with Gasteiger partial charge in [-0.25, -0.2) is 8.42 Å². The second-order valence-corrected chi connectivity index (χ2v) is 8.51. The molecule has 2 aromatic carbocycles. The standard InChI is InChI=1S/C18H21NO3S/c1-12-3-7-14(8-4-12)16-17(18(16,19)11-20)23(21,22)15-9-5-13(2)6-10-15/h3-10,16-17,20H,11,19H2,1-2H3/t16-,17+,18+/m0/s1. The lowest BCUT2D eigenvalue weighted by Crippen LogP contribution is -2.35. The molecular formula is C18H21NO3S. The molecule has 5 heteroatoms. The van der Waals surface area contributed by atoms with E-state index in [1.54, 1.807) is 24.3 Å². The Morgan fingerprint density at radius 1 is 1.00 bits per heavy atom. The second-order valence-electron chi connectivity index (χ2n) is 6.44. The van der Waals surface area contributed by atoms with Gasteiger partial charge in [-0.2, -0.15) is 0 Å². The van der Waals surface area contributed by atoms with Gasteiger partial charge < -0.3 is 10.8 Å². The van der Waals surface area contributed by atoms with Crippen molar-refractivity contribution in [3.05, 3.63) is 65.2 Å². The largest absolute Gasteiger partial charge is 0.394 e. The topological polar surface area (TPSA) is 80.4 Å². The highest BCUT2D eigenvalue weighted by molar-refractivity contribution is 7.92. The first-order valence-corrected chi connectivity index (χ1v) is 9.12. The lowest BCUT2D eigenvalue weighted by Gasteiger charge is -2.08. The van der Waals surface area contributed by atoms with Gasteiger partial charge in [0.05, 0.1) is 22.3 Å². The first-order valence-electron chi connectivity index (χ1n) is 7.57. The van der Waals surface area contributed by atoms with Crippen molar-refractivity contribution < 1.29 is 13.5 Å². The lowest BCUT2D eigenvalue weighted by molar-refractivity contribution is 0.253. The second kappa shape index (κ2) is 5.44. The van der Waals surface area contributed by atoms with E-state index in [2.05, 4.69) is 0 Å². The predicted molar refractivity (Wildman–Crippen MR) is 90.1 cm³/mol. The van der Waals surface area contributed by atoms with Crippen LogP contribution < -0.4 is 5.73 Å². The van der Waals surface area contributed by atoms with Crippen LogP contribution in [0.1, 0.15) is 22.6 Å². The number of aliphatic hydroxyl groups excluding tert-OH is 1. The van der Waals surface area contributed by atoms with Crippen LogP contribution in [0.15, 0.2) is 53.4 Å². The van der Waals surface area contributed by atoms with E-state index >= 15 is 0 Å². The Hall–Kier alpha value is -1.69. The number of nitrogens with two attached hydrogens (primary N) is 1. The number of hydrogen-bond donors (Lipinski definition) is 2. The SMILES string of the molecule is Cc1ccc([C@H]2[C@@H](S(=O)(=O)c3ccc(C)cc3)[C@@]2(N)CO)cc1. The third-order valence-electron chi connectivity index (χ3n) is 4.70. The summed E-state index contributed by atoms with van der Waals surface area (Å²) in [7, 11) is -3.59. The summed E-state index contributed by atoms with van der Waals surface area (Å²) in [4.78, 5) is 0.256. The van der Waals surface area contributed by atoms with Gasteiger partial charge in [-0.3, -0.25) is 0 Å². The molecule has 1 aliphatic carbocycles. The number of aliphatic hydroxyl groups is 1. The first kappa shape index (κ1) is 16.2. The number of sulfone groups is 1. The van der Waals surface area contributed by atoms with Gasteiger partial charge in [-0.15, -0.1) is 0 Å². The Morgan fingerprint density at radius 3 is 1.96 bits per heavy atom. The molecule has 122 valence electrons. The Bertz CT molecular complexity index is 812. The maximum atomic E-state index is 12.9. The average Bonchev–Trinajstić information content (AvgIpc) is 3.16. The molecule has 1 fully saturated rings. The molecule has 0 unspecified atom stereocenters. The molecule has 0 aromatic heterocycles. The summed E-state index contributed by atoms with van der Waals surface area (Å²) in [6, 6.07) is 14.4. The van der Waals surface area contributed by atoms with Crippen molar-refractivity contribution in [3.8, 4) is 0 Å².